The van der Waals surface area contributed by atoms with Crippen LogP contribution in [0.25, 0.3) is 10.9 Å². The van der Waals surface area contributed by atoms with E-state index < -0.39 is 0 Å². The van der Waals surface area contributed by atoms with E-state index in [9.17, 15) is 0 Å². The molecule has 0 unspecified atom stereocenters. The second kappa shape index (κ2) is 6.09. The topological polar surface area (TPSA) is 73.1 Å². The first-order chi connectivity index (χ1) is 10.3. The zero-order valence-corrected chi connectivity index (χ0v) is 11.5. The van der Waals surface area contributed by atoms with Gasteiger partial charge in [-0.2, -0.15) is 10.2 Å². The maximum Gasteiger partial charge on any atom is 0.121 e. The number of fused-ring (bicyclic) bond motifs is 1. The highest BCUT2D eigenvalue weighted by atomic mass is 16.5. The van der Waals surface area contributed by atoms with Crippen LogP contribution in [0.2, 0.25) is 0 Å². The lowest BCUT2D eigenvalue weighted by Gasteiger charge is -2.10. The van der Waals surface area contributed by atoms with Crippen LogP contribution >= 0.6 is 0 Å². The van der Waals surface area contributed by atoms with Gasteiger partial charge in [0.05, 0.1) is 17.4 Å². The van der Waals surface area contributed by atoms with Crippen molar-refractivity contribution in [2.45, 2.75) is 0 Å². The van der Waals surface area contributed by atoms with Crippen molar-refractivity contribution in [2.75, 3.05) is 24.2 Å². The van der Waals surface area contributed by atoms with Gasteiger partial charge in [0.2, 0.25) is 0 Å². The summed E-state index contributed by atoms with van der Waals surface area (Å²) in [7, 11) is 0. The summed E-state index contributed by atoms with van der Waals surface area (Å²) in [4.78, 5) is 0. The minimum atomic E-state index is 0.542. The quantitative estimate of drug-likeness (QED) is 0.555. The van der Waals surface area contributed by atoms with Crippen molar-refractivity contribution in [3.05, 3.63) is 54.7 Å². The number of ether oxygens (including phenoxy) is 1. The smallest absolute Gasteiger partial charge is 0.121 e. The van der Waals surface area contributed by atoms with Crippen LogP contribution < -0.4 is 15.8 Å². The van der Waals surface area contributed by atoms with Crippen molar-refractivity contribution in [1.82, 2.24) is 10.2 Å². The summed E-state index contributed by atoms with van der Waals surface area (Å²) in [6.45, 7) is 1.21. The molecule has 0 atom stereocenters. The molecule has 1 heterocycles. The molecule has 21 heavy (non-hydrogen) atoms. The third-order valence-electron chi connectivity index (χ3n) is 3.09. The fourth-order valence-corrected chi connectivity index (χ4v) is 2.11. The predicted molar refractivity (Wildman–Crippen MR) is 84.4 cm³/mol. The van der Waals surface area contributed by atoms with E-state index in [4.69, 9.17) is 10.5 Å². The molecule has 0 bridgehead atoms. The zero-order valence-electron chi connectivity index (χ0n) is 11.5. The number of nitrogen functional groups attached to an aromatic ring is 1. The number of nitrogens with one attached hydrogen (secondary N) is 1. The molecule has 2 aromatic carbocycles. The summed E-state index contributed by atoms with van der Waals surface area (Å²) < 4.78 is 5.64. The molecule has 0 saturated carbocycles. The second-order valence-corrected chi connectivity index (χ2v) is 4.62. The highest BCUT2D eigenvalue weighted by Gasteiger charge is 2.01. The van der Waals surface area contributed by atoms with Crippen LogP contribution in [0.15, 0.2) is 54.7 Å². The van der Waals surface area contributed by atoms with Gasteiger partial charge in [-0.05, 0) is 18.2 Å². The van der Waals surface area contributed by atoms with Gasteiger partial charge in [0.1, 0.15) is 12.4 Å². The van der Waals surface area contributed by atoms with E-state index in [1.165, 1.54) is 0 Å². The number of rotatable bonds is 5. The number of anilines is 2. The van der Waals surface area contributed by atoms with Gasteiger partial charge >= 0.3 is 0 Å². The normalized spacial score (nSPS) is 10.5. The first-order valence-electron chi connectivity index (χ1n) is 6.75. The van der Waals surface area contributed by atoms with Gasteiger partial charge in [0.25, 0.3) is 0 Å². The minimum absolute atomic E-state index is 0.542. The molecule has 5 heteroatoms. The average molecular weight is 280 g/mol. The Morgan fingerprint density at radius 1 is 1.10 bits per heavy atom. The van der Waals surface area contributed by atoms with Crippen LogP contribution in [0.4, 0.5) is 11.4 Å². The zero-order chi connectivity index (χ0) is 14.5. The van der Waals surface area contributed by atoms with Crippen LogP contribution in [-0.2, 0) is 0 Å². The number of aromatic nitrogens is 2. The third kappa shape index (κ3) is 3.20. The van der Waals surface area contributed by atoms with E-state index in [0.29, 0.717) is 18.8 Å². The highest BCUT2D eigenvalue weighted by Crippen LogP contribution is 2.19. The number of hydrogen-bond donors (Lipinski definition) is 2. The second-order valence-electron chi connectivity index (χ2n) is 4.62. The average Bonchev–Trinajstić information content (AvgIpc) is 2.52. The molecule has 3 N–H and O–H groups in total. The monoisotopic (exact) mass is 280 g/mol. The molecule has 0 fully saturated rings. The van der Waals surface area contributed by atoms with Crippen LogP contribution in [0, 0.1) is 0 Å². The molecule has 0 aliphatic carbocycles. The predicted octanol–water partition coefficient (Wildman–Crippen LogP) is 2.70. The summed E-state index contributed by atoms with van der Waals surface area (Å²) in [6.07, 6.45) is 1.73. The Bertz CT molecular complexity index is 740. The van der Waals surface area contributed by atoms with Crippen LogP contribution in [0.3, 0.4) is 0 Å². The maximum atomic E-state index is 5.71. The molecule has 0 aliphatic rings. The number of benzene rings is 2. The van der Waals surface area contributed by atoms with Gasteiger partial charge in [-0.1, -0.05) is 24.3 Å². The molecular formula is C16H16N4O. The molecule has 5 nitrogen and oxygen atoms in total. The molecule has 3 rings (SSSR count). The van der Waals surface area contributed by atoms with E-state index >= 15 is 0 Å². The van der Waals surface area contributed by atoms with Crippen molar-refractivity contribution in [3.63, 3.8) is 0 Å². The molecule has 0 saturated heterocycles. The van der Waals surface area contributed by atoms with Crippen LogP contribution in [0.5, 0.6) is 5.75 Å². The Kier molecular flexibility index (Phi) is 3.82. The number of nitrogens with two attached hydrogens (primary N) is 1. The summed E-state index contributed by atoms with van der Waals surface area (Å²) in [5.74, 6) is 0.773. The Hall–Kier alpha value is -2.82. The van der Waals surface area contributed by atoms with Crippen LogP contribution in [-0.4, -0.2) is 23.3 Å². The third-order valence-corrected chi connectivity index (χ3v) is 3.09. The van der Waals surface area contributed by atoms with Crippen molar-refractivity contribution >= 4 is 22.3 Å². The standard InChI is InChI=1S/C16H16N4O/c17-12-4-3-5-13(10-12)21-9-8-18-16-11-19-20-15-7-2-1-6-14(15)16/h1-7,10-11H,8-9,17H2,(H,18,20). The van der Waals surface area contributed by atoms with E-state index in [2.05, 4.69) is 15.5 Å². The van der Waals surface area contributed by atoms with Gasteiger partial charge < -0.3 is 15.8 Å². The van der Waals surface area contributed by atoms with Gasteiger partial charge in [-0.15, -0.1) is 0 Å². The summed E-state index contributed by atoms with van der Waals surface area (Å²) in [5, 5.41) is 12.4. The molecule has 0 radical (unpaired) electrons. The largest absolute Gasteiger partial charge is 0.492 e. The summed E-state index contributed by atoms with van der Waals surface area (Å²) >= 11 is 0. The van der Waals surface area contributed by atoms with E-state index in [-0.39, 0.29) is 0 Å². The number of nitrogens with zero attached hydrogens (tertiary/aromatic N) is 2. The molecule has 0 spiro atoms. The maximum absolute atomic E-state index is 5.71. The lowest BCUT2D eigenvalue weighted by Crippen LogP contribution is -2.12. The van der Waals surface area contributed by atoms with Crippen molar-refractivity contribution in [2.24, 2.45) is 0 Å². The van der Waals surface area contributed by atoms with Gasteiger partial charge in [-0.3, -0.25) is 0 Å². The van der Waals surface area contributed by atoms with Gasteiger partial charge in [0, 0.05) is 23.7 Å². The Morgan fingerprint density at radius 3 is 2.90 bits per heavy atom. The van der Waals surface area contributed by atoms with Gasteiger partial charge in [0.15, 0.2) is 0 Å². The lowest BCUT2D eigenvalue weighted by molar-refractivity contribution is 0.333. The van der Waals surface area contributed by atoms with E-state index in [1.54, 1.807) is 6.20 Å². The molecule has 0 aliphatic heterocycles. The molecular weight excluding hydrogens is 264 g/mol. The molecule has 3 aromatic rings. The van der Waals surface area contributed by atoms with E-state index in [1.807, 2.05) is 48.5 Å². The summed E-state index contributed by atoms with van der Waals surface area (Å²) in [6, 6.07) is 15.3. The first kappa shape index (κ1) is 13.2. The Balaban J connectivity index is 1.60. The highest BCUT2D eigenvalue weighted by molar-refractivity contribution is 5.90. The van der Waals surface area contributed by atoms with E-state index in [0.717, 1.165) is 22.3 Å². The Labute approximate surface area is 122 Å². The fraction of sp³-hybridized carbons (Fsp3) is 0.125. The van der Waals surface area contributed by atoms with Crippen molar-refractivity contribution < 1.29 is 4.74 Å². The fourth-order valence-electron chi connectivity index (χ4n) is 2.11. The first-order valence-corrected chi connectivity index (χ1v) is 6.75. The molecule has 1 aromatic heterocycles. The summed E-state index contributed by atoms with van der Waals surface area (Å²) in [5.41, 5.74) is 8.23. The molecule has 0 amide bonds. The number of hydrogen-bond acceptors (Lipinski definition) is 5. The SMILES string of the molecule is Nc1cccc(OCCNc2cnnc3ccccc23)c1. The lowest BCUT2D eigenvalue weighted by atomic mass is 10.2. The Morgan fingerprint density at radius 2 is 2.00 bits per heavy atom. The van der Waals surface area contributed by atoms with Crippen molar-refractivity contribution in [1.29, 1.82) is 0 Å². The minimum Gasteiger partial charge on any atom is -0.492 e. The van der Waals surface area contributed by atoms with Crippen LogP contribution in [0.1, 0.15) is 0 Å². The van der Waals surface area contributed by atoms with Crippen molar-refractivity contribution in [3.8, 4) is 5.75 Å². The molecule has 106 valence electrons. The van der Waals surface area contributed by atoms with Gasteiger partial charge in [-0.25, -0.2) is 0 Å².